The number of piperidine rings is 1. The molecule has 5 nitrogen and oxygen atoms in total. The summed E-state index contributed by atoms with van der Waals surface area (Å²) in [4.78, 5) is 12.1. The molecule has 1 saturated heterocycles. The zero-order chi connectivity index (χ0) is 21.2. The number of hydrogen-bond acceptors (Lipinski definition) is 5. The Labute approximate surface area is 178 Å². The Morgan fingerprint density at radius 3 is 2.97 bits per heavy atom. The Morgan fingerprint density at radius 2 is 2.31 bits per heavy atom. The second kappa shape index (κ2) is 8.73. The highest BCUT2D eigenvalue weighted by atomic mass is 35.5. The number of aliphatic carboxylic acids is 1. The van der Waals surface area contributed by atoms with E-state index < -0.39 is 12.6 Å². The van der Waals surface area contributed by atoms with E-state index >= 15 is 0 Å². The number of carboxylic acid groups (broad SMARTS) is 1. The van der Waals surface area contributed by atoms with Gasteiger partial charge in [-0.1, -0.05) is 24.2 Å². The summed E-state index contributed by atoms with van der Waals surface area (Å²) < 4.78 is 19.8. The van der Waals surface area contributed by atoms with Gasteiger partial charge in [-0.15, -0.1) is 11.3 Å². The monoisotopic (exact) mass is 438 g/mol. The smallest absolute Gasteiger partial charge is 0.341 e. The molecule has 1 aromatic heterocycles. The normalized spacial score (nSPS) is 18.3. The molecule has 0 aliphatic carbocycles. The minimum Gasteiger partial charge on any atom is -0.479 e. The number of halogens is 2. The molecule has 1 aliphatic rings. The summed E-state index contributed by atoms with van der Waals surface area (Å²) in [5.74, 6) is -1.14. The van der Waals surface area contributed by atoms with E-state index in [-0.39, 0.29) is 23.1 Å². The molecule has 29 heavy (non-hydrogen) atoms. The standard InChI is InChI=1S/C21H24ClFN2O3S/c1-4-16-19(28-11-17(26)27)18(22)20(29-16)12-5-6-14(23)15(9-12)25-13-7-8-24-21(2,3)10-13/h4-6,9,13,24-25H,1,7-8,10-11H2,2-3H3,(H,26,27). The Morgan fingerprint density at radius 1 is 1.55 bits per heavy atom. The third-order valence-corrected chi connectivity index (χ3v) is 6.49. The highest BCUT2D eigenvalue weighted by molar-refractivity contribution is 7.17. The molecule has 1 aromatic carbocycles. The number of rotatable bonds is 7. The maximum Gasteiger partial charge on any atom is 0.341 e. The highest BCUT2D eigenvalue weighted by Crippen LogP contribution is 2.46. The maximum absolute atomic E-state index is 14.5. The van der Waals surface area contributed by atoms with Gasteiger partial charge in [0.1, 0.15) is 10.8 Å². The van der Waals surface area contributed by atoms with Crippen LogP contribution in [0.5, 0.6) is 5.75 Å². The average Bonchev–Trinajstić information content (AvgIpc) is 2.96. The fraction of sp³-hybridized carbons (Fsp3) is 0.381. The van der Waals surface area contributed by atoms with Crippen LogP contribution in [0, 0.1) is 5.82 Å². The number of hydrogen-bond donors (Lipinski definition) is 3. The van der Waals surface area contributed by atoms with Crippen molar-refractivity contribution in [3.8, 4) is 16.2 Å². The van der Waals surface area contributed by atoms with E-state index in [4.69, 9.17) is 21.4 Å². The molecule has 8 heteroatoms. The Balaban J connectivity index is 1.89. The lowest BCUT2D eigenvalue weighted by Crippen LogP contribution is -2.50. The van der Waals surface area contributed by atoms with Crippen molar-refractivity contribution in [2.75, 3.05) is 18.5 Å². The van der Waals surface area contributed by atoms with E-state index in [9.17, 15) is 9.18 Å². The van der Waals surface area contributed by atoms with Crippen LogP contribution >= 0.6 is 22.9 Å². The van der Waals surface area contributed by atoms with E-state index in [2.05, 4.69) is 31.1 Å². The second-order valence-corrected chi connectivity index (χ2v) is 9.09. The van der Waals surface area contributed by atoms with Crippen molar-refractivity contribution in [3.63, 3.8) is 0 Å². The summed E-state index contributed by atoms with van der Waals surface area (Å²) in [6, 6.07) is 4.95. The van der Waals surface area contributed by atoms with Crippen LogP contribution in [-0.2, 0) is 4.79 Å². The number of carboxylic acids is 1. The number of nitrogens with one attached hydrogen (secondary N) is 2. The number of carbonyl (C=O) groups is 1. The third kappa shape index (κ3) is 5.10. The molecule has 3 rings (SSSR count). The van der Waals surface area contributed by atoms with Gasteiger partial charge in [0, 0.05) is 11.6 Å². The van der Waals surface area contributed by atoms with Gasteiger partial charge in [-0.05, 0) is 57.0 Å². The van der Waals surface area contributed by atoms with Gasteiger partial charge in [0.15, 0.2) is 12.4 Å². The van der Waals surface area contributed by atoms with Crippen molar-refractivity contribution >= 4 is 40.7 Å². The predicted molar refractivity (Wildman–Crippen MR) is 117 cm³/mol. The van der Waals surface area contributed by atoms with E-state index in [0.29, 0.717) is 20.5 Å². The molecule has 1 atom stereocenters. The van der Waals surface area contributed by atoms with Gasteiger partial charge in [0.25, 0.3) is 0 Å². The van der Waals surface area contributed by atoms with Gasteiger partial charge in [-0.2, -0.15) is 0 Å². The molecule has 0 spiro atoms. The second-order valence-electron chi connectivity index (χ2n) is 7.66. The lowest BCUT2D eigenvalue weighted by molar-refractivity contribution is -0.139. The molecule has 2 heterocycles. The predicted octanol–water partition coefficient (Wildman–Crippen LogP) is 5.26. The van der Waals surface area contributed by atoms with E-state index in [1.54, 1.807) is 18.2 Å². The summed E-state index contributed by atoms with van der Waals surface area (Å²) in [6.07, 6.45) is 3.35. The Hall–Kier alpha value is -2.09. The van der Waals surface area contributed by atoms with Crippen LogP contribution in [0.4, 0.5) is 10.1 Å². The van der Waals surface area contributed by atoms with E-state index in [0.717, 1.165) is 24.9 Å². The minimum absolute atomic E-state index is 0.00366. The van der Waals surface area contributed by atoms with E-state index in [1.165, 1.54) is 17.4 Å². The number of ether oxygens (including phenoxy) is 1. The van der Waals surface area contributed by atoms with Crippen LogP contribution in [0.2, 0.25) is 5.02 Å². The Bertz CT molecular complexity index is 929. The molecule has 3 N–H and O–H groups in total. The number of anilines is 1. The van der Waals surface area contributed by atoms with Crippen LogP contribution in [-0.4, -0.2) is 35.8 Å². The van der Waals surface area contributed by atoms with Crippen LogP contribution in [0.3, 0.4) is 0 Å². The van der Waals surface area contributed by atoms with Crippen LogP contribution in [0.25, 0.3) is 16.5 Å². The van der Waals surface area contributed by atoms with Crippen molar-refractivity contribution in [3.05, 3.63) is 40.5 Å². The summed E-state index contributed by atoms with van der Waals surface area (Å²) in [6.45, 7) is 8.37. The fourth-order valence-electron chi connectivity index (χ4n) is 3.50. The summed E-state index contributed by atoms with van der Waals surface area (Å²) in [5, 5.41) is 15.9. The van der Waals surface area contributed by atoms with Gasteiger partial charge >= 0.3 is 5.97 Å². The number of thiophene rings is 1. The van der Waals surface area contributed by atoms with E-state index in [1.807, 2.05) is 0 Å². The zero-order valence-corrected chi connectivity index (χ0v) is 17.9. The van der Waals surface area contributed by atoms with Crippen LogP contribution in [0.1, 0.15) is 31.6 Å². The van der Waals surface area contributed by atoms with Crippen molar-refractivity contribution in [1.29, 1.82) is 0 Å². The first-order valence-corrected chi connectivity index (χ1v) is 10.5. The lowest BCUT2D eigenvalue weighted by Gasteiger charge is -2.37. The van der Waals surface area contributed by atoms with Crippen molar-refractivity contribution in [2.45, 2.75) is 38.3 Å². The molecule has 1 aliphatic heterocycles. The third-order valence-electron chi connectivity index (χ3n) is 4.80. The first-order chi connectivity index (χ1) is 13.7. The fourth-order valence-corrected chi connectivity index (χ4v) is 4.92. The quantitative estimate of drug-likeness (QED) is 0.550. The van der Waals surface area contributed by atoms with Crippen LogP contribution < -0.4 is 15.4 Å². The molecule has 2 aromatic rings. The molecule has 0 saturated carbocycles. The van der Waals surface area contributed by atoms with Gasteiger partial charge in [-0.3, -0.25) is 0 Å². The van der Waals surface area contributed by atoms with Gasteiger partial charge in [-0.25, -0.2) is 9.18 Å². The molecular formula is C21H24ClFN2O3S. The molecule has 156 valence electrons. The Kier molecular flexibility index (Phi) is 6.51. The molecular weight excluding hydrogens is 415 g/mol. The molecule has 1 fully saturated rings. The SMILES string of the molecule is C=Cc1sc(-c2ccc(F)c(NC3CCNC(C)(C)C3)c2)c(Cl)c1OCC(=O)O. The van der Waals surface area contributed by atoms with Crippen molar-refractivity contribution in [1.82, 2.24) is 5.32 Å². The lowest BCUT2D eigenvalue weighted by atomic mass is 9.89. The maximum atomic E-state index is 14.5. The summed E-state index contributed by atoms with van der Waals surface area (Å²) in [5.41, 5.74) is 1.14. The molecule has 0 bridgehead atoms. The topological polar surface area (TPSA) is 70.6 Å². The van der Waals surface area contributed by atoms with Crippen molar-refractivity contribution < 1.29 is 19.0 Å². The molecule has 0 amide bonds. The van der Waals surface area contributed by atoms with Gasteiger partial charge < -0.3 is 20.5 Å². The largest absolute Gasteiger partial charge is 0.479 e. The number of benzene rings is 1. The molecule has 1 unspecified atom stereocenters. The highest BCUT2D eigenvalue weighted by Gasteiger charge is 2.28. The van der Waals surface area contributed by atoms with Crippen molar-refractivity contribution in [2.24, 2.45) is 0 Å². The summed E-state index contributed by atoms with van der Waals surface area (Å²) >= 11 is 7.79. The van der Waals surface area contributed by atoms with Gasteiger partial charge in [0.2, 0.25) is 0 Å². The minimum atomic E-state index is -1.10. The first-order valence-electron chi connectivity index (χ1n) is 9.31. The molecule has 0 radical (unpaired) electrons. The average molecular weight is 439 g/mol. The first kappa shape index (κ1) is 21.6. The van der Waals surface area contributed by atoms with Crippen LogP contribution in [0.15, 0.2) is 24.8 Å². The zero-order valence-electron chi connectivity index (χ0n) is 16.4. The summed E-state index contributed by atoms with van der Waals surface area (Å²) in [7, 11) is 0. The van der Waals surface area contributed by atoms with Gasteiger partial charge in [0.05, 0.1) is 15.4 Å².